The number of aromatic nitrogens is 3. The van der Waals surface area contributed by atoms with E-state index in [0.717, 1.165) is 27.7 Å². The van der Waals surface area contributed by atoms with Gasteiger partial charge in [0.15, 0.2) is 5.75 Å². The number of fused-ring (bicyclic) bond motifs is 1. The van der Waals surface area contributed by atoms with Gasteiger partial charge in [-0.1, -0.05) is 42.5 Å². The van der Waals surface area contributed by atoms with Gasteiger partial charge in [0, 0.05) is 12.1 Å². The highest BCUT2D eigenvalue weighted by Gasteiger charge is 2.15. The predicted molar refractivity (Wildman–Crippen MR) is 93.9 cm³/mol. The fourth-order valence-corrected chi connectivity index (χ4v) is 2.75. The largest absolute Gasteiger partial charge is 0.505 e. The topological polar surface area (TPSA) is 77.0 Å². The summed E-state index contributed by atoms with van der Waals surface area (Å²) in [6.45, 7) is 0.369. The zero-order valence-corrected chi connectivity index (χ0v) is 12.9. The minimum atomic E-state index is 0.138. The number of hydrogen-bond donors (Lipinski definition) is 2. The summed E-state index contributed by atoms with van der Waals surface area (Å²) in [5.74, 6) is 0.138. The summed E-state index contributed by atoms with van der Waals surface area (Å²) in [4.78, 5) is 1.46. The molecule has 0 aliphatic rings. The van der Waals surface area contributed by atoms with E-state index in [4.69, 9.17) is 5.73 Å². The molecule has 5 heteroatoms. The molecule has 0 fully saturated rings. The van der Waals surface area contributed by atoms with Crippen LogP contribution < -0.4 is 5.73 Å². The van der Waals surface area contributed by atoms with Crippen LogP contribution in [0.25, 0.3) is 27.8 Å². The van der Waals surface area contributed by atoms with Gasteiger partial charge in [0.05, 0.1) is 0 Å². The van der Waals surface area contributed by atoms with E-state index in [1.807, 2.05) is 66.7 Å². The van der Waals surface area contributed by atoms with Crippen LogP contribution in [-0.4, -0.2) is 20.1 Å². The molecule has 0 aliphatic heterocycles. The van der Waals surface area contributed by atoms with Crippen LogP contribution in [0.4, 0.5) is 0 Å². The van der Waals surface area contributed by atoms with Crippen LogP contribution in [0.2, 0.25) is 0 Å². The van der Waals surface area contributed by atoms with Crippen molar-refractivity contribution in [3.8, 4) is 22.6 Å². The molecular weight excluding hydrogens is 300 g/mol. The van der Waals surface area contributed by atoms with Gasteiger partial charge in [-0.15, -0.1) is 15.0 Å². The molecule has 0 saturated carbocycles. The third-order valence-corrected chi connectivity index (χ3v) is 3.97. The minimum Gasteiger partial charge on any atom is -0.505 e. The average Bonchev–Trinajstić information content (AvgIpc) is 3.06. The molecule has 4 aromatic rings. The summed E-state index contributed by atoms with van der Waals surface area (Å²) in [6, 6.07) is 21.0. The molecule has 3 aromatic carbocycles. The van der Waals surface area contributed by atoms with Crippen LogP contribution in [-0.2, 0) is 6.54 Å². The molecule has 0 amide bonds. The molecular formula is C19H16N4O. The maximum atomic E-state index is 10.8. The van der Waals surface area contributed by atoms with E-state index < -0.39 is 0 Å². The van der Waals surface area contributed by atoms with E-state index in [2.05, 4.69) is 10.2 Å². The molecule has 1 aromatic heterocycles. The van der Waals surface area contributed by atoms with Gasteiger partial charge in [0.2, 0.25) is 0 Å². The fraction of sp³-hybridized carbons (Fsp3) is 0.0526. The van der Waals surface area contributed by atoms with Crippen molar-refractivity contribution in [1.82, 2.24) is 15.0 Å². The van der Waals surface area contributed by atoms with Crippen LogP contribution in [0.1, 0.15) is 5.56 Å². The zero-order chi connectivity index (χ0) is 16.5. The highest BCUT2D eigenvalue weighted by atomic mass is 16.3. The van der Waals surface area contributed by atoms with Gasteiger partial charge in [-0.25, -0.2) is 0 Å². The van der Waals surface area contributed by atoms with Crippen molar-refractivity contribution in [2.45, 2.75) is 6.54 Å². The van der Waals surface area contributed by atoms with E-state index in [1.54, 1.807) is 0 Å². The van der Waals surface area contributed by atoms with Gasteiger partial charge in [-0.2, -0.15) is 0 Å². The van der Waals surface area contributed by atoms with E-state index in [0.29, 0.717) is 12.2 Å². The molecule has 0 atom stereocenters. The summed E-state index contributed by atoms with van der Waals surface area (Å²) >= 11 is 0. The van der Waals surface area contributed by atoms with Crippen molar-refractivity contribution in [1.29, 1.82) is 0 Å². The Kier molecular flexibility index (Phi) is 3.48. The van der Waals surface area contributed by atoms with Gasteiger partial charge in [-0.3, -0.25) is 0 Å². The van der Waals surface area contributed by atoms with Crippen LogP contribution in [0.5, 0.6) is 5.75 Å². The molecule has 24 heavy (non-hydrogen) atoms. The predicted octanol–water partition coefficient (Wildman–Crippen LogP) is 3.25. The maximum absolute atomic E-state index is 10.8. The first-order chi connectivity index (χ1) is 11.8. The second-order valence-electron chi connectivity index (χ2n) is 5.56. The average molecular weight is 316 g/mol. The van der Waals surface area contributed by atoms with Gasteiger partial charge < -0.3 is 10.8 Å². The van der Waals surface area contributed by atoms with Crippen LogP contribution in [0.3, 0.4) is 0 Å². The van der Waals surface area contributed by atoms with Crippen LogP contribution in [0.15, 0.2) is 66.7 Å². The molecule has 0 unspecified atom stereocenters. The Morgan fingerprint density at radius 1 is 0.875 bits per heavy atom. The lowest BCUT2D eigenvalue weighted by atomic mass is 10.0. The molecule has 3 N–H and O–H groups in total. The minimum absolute atomic E-state index is 0.138. The zero-order valence-electron chi connectivity index (χ0n) is 12.9. The highest BCUT2D eigenvalue weighted by molar-refractivity contribution is 5.77. The van der Waals surface area contributed by atoms with Crippen molar-refractivity contribution >= 4 is 11.0 Å². The number of nitrogens with two attached hydrogens (primary N) is 1. The number of rotatable bonds is 3. The number of benzene rings is 3. The third-order valence-electron chi connectivity index (χ3n) is 3.97. The lowest BCUT2D eigenvalue weighted by Crippen LogP contribution is -2.04. The Labute approximate surface area is 139 Å². The standard InChI is InChI=1S/C19H16N4O/c20-12-13-10-15(14-6-2-1-3-7-14)19(24)18(11-13)23-21-16-8-4-5-9-17(16)22-23/h1-11,24H,12,20H2. The first kappa shape index (κ1) is 14.4. The van der Waals surface area contributed by atoms with Crippen molar-refractivity contribution < 1.29 is 5.11 Å². The second kappa shape index (κ2) is 5.79. The Morgan fingerprint density at radius 3 is 2.12 bits per heavy atom. The summed E-state index contributed by atoms with van der Waals surface area (Å²) in [5.41, 5.74) is 10.5. The molecule has 0 saturated heterocycles. The SMILES string of the molecule is NCc1cc(-c2ccccc2)c(O)c(-n2nc3ccccc3n2)c1. The number of phenolic OH excluding ortho intramolecular Hbond substituents is 1. The molecule has 0 aliphatic carbocycles. The first-order valence-electron chi connectivity index (χ1n) is 7.70. The number of aromatic hydroxyl groups is 1. The van der Waals surface area contributed by atoms with E-state index in [1.165, 1.54) is 4.80 Å². The van der Waals surface area contributed by atoms with Crippen molar-refractivity contribution in [2.24, 2.45) is 5.73 Å². The Hall–Kier alpha value is -3.18. The van der Waals surface area contributed by atoms with Gasteiger partial charge >= 0.3 is 0 Å². The summed E-state index contributed by atoms with van der Waals surface area (Å²) in [7, 11) is 0. The Morgan fingerprint density at radius 2 is 1.50 bits per heavy atom. The van der Waals surface area contributed by atoms with Crippen molar-refractivity contribution in [3.05, 3.63) is 72.3 Å². The molecule has 0 spiro atoms. The maximum Gasteiger partial charge on any atom is 0.150 e. The van der Waals surface area contributed by atoms with Crippen LogP contribution in [0, 0.1) is 0 Å². The van der Waals surface area contributed by atoms with Gasteiger partial charge in [0.1, 0.15) is 16.7 Å². The lowest BCUT2D eigenvalue weighted by Gasteiger charge is -2.12. The highest BCUT2D eigenvalue weighted by Crippen LogP contribution is 2.35. The Balaban J connectivity index is 1.94. The van der Waals surface area contributed by atoms with Crippen LogP contribution >= 0.6 is 0 Å². The lowest BCUT2D eigenvalue weighted by molar-refractivity contribution is 0.469. The van der Waals surface area contributed by atoms with Gasteiger partial charge in [0.25, 0.3) is 0 Å². The third kappa shape index (κ3) is 2.41. The van der Waals surface area contributed by atoms with E-state index >= 15 is 0 Å². The summed E-state index contributed by atoms with van der Waals surface area (Å²) < 4.78 is 0. The van der Waals surface area contributed by atoms with Gasteiger partial charge in [-0.05, 0) is 35.4 Å². The number of hydrogen-bond acceptors (Lipinski definition) is 4. The molecule has 0 radical (unpaired) electrons. The summed E-state index contributed by atoms with van der Waals surface area (Å²) in [6.07, 6.45) is 0. The van der Waals surface area contributed by atoms with Crippen molar-refractivity contribution in [3.63, 3.8) is 0 Å². The molecule has 118 valence electrons. The molecule has 1 heterocycles. The van der Waals surface area contributed by atoms with E-state index in [9.17, 15) is 5.11 Å². The normalized spacial score (nSPS) is 11.0. The molecule has 5 nitrogen and oxygen atoms in total. The fourth-order valence-electron chi connectivity index (χ4n) is 2.75. The number of nitrogens with zero attached hydrogens (tertiary/aromatic N) is 3. The molecule has 0 bridgehead atoms. The summed E-state index contributed by atoms with van der Waals surface area (Å²) in [5, 5.41) is 19.7. The Bertz CT molecular complexity index is 975. The monoisotopic (exact) mass is 316 g/mol. The second-order valence-corrected chi connectivity index (χ2v) is 5.56. The quantitative estimate of drug-likeness (QED) is 0.608. The smallest absolute Gasteiger partial charge is 0.150 e. The number of phenols is 1. The van der Waals surface area contributed by atoms with Crippen molar-refractivity contribution in [2.75, 3.05) is 0 Å². The first-order valence-corrected chi connectivity index (χ1v) is 7.70. The molecule has 4 rings (SSSR count). The van der Waals surface area contributed by atoms with E-state index in [-0.39, 0.29) is 5.75 Å².